The minimum Gasteiger partial charge on any atom is -0.491 e. The molecule has 32 heavy (non-hydrogen) atoms. The van der Waals surface area contributed by atoms with Crippen LogP contribution < -0.4 is 10.1 Å². The monoisotopic (exact) mass is 428 g/mol. The van der Waals surface area contributed by atoms with Crippen LogP contribution >= 0.6 is 0 Å². The van der Waals surface area contributed by atoms with E-state index in [1.807, 2.05) is 56.3 Å². The van der Waals surface area contributed by atoms with Gasteiger partial charge in [0, 0.05) is 16.8 Å². The van der Waals surface area contributed by atoms with E-state index in [1.165, 1.54) is 5.56 Å². The average molecular weight is 429 g/mol. The van der Waals surface area contributed by atoms with Gasteiger partial charge in [0.25, 0.3) is 5.91 Å². The molecule has 0 aliphatic carbocycles. The number of fused-ring (bicyclic) bond motifs is 1. The van der Waals surface area contributed by atoms with Gasteiger partial charge >= 0.3 is 0 Å². The molecule has 0 aliphatic heterocycles. The van der Waals surface area contributed by atoms with Crippen LogP contribution in [-0.2, 0) is 0 Å². The summed E-state index contributed by atoms with van der Waals surface area (Å²) < 4.78 is 11.8. The Kier molecular flexibility index (Phi) is 5.99. The van der Waals surface area contributed by atoms with E-state index < -0.39 is 0 Å². The summed E-state index contributed by atoms with van der Waals surface area (Å²) in [4.78, 5) is 17.5. The molecule has 4 aromatic rings. The van der Waals surface area contributed by atoms with Crippen molar-refractivity contribution in [3.05, 3.63) is 76.9 Å². The molecule has 0 radical (unpaired) electrons. The first kappa shape index (κ1) is 21.6. The summed E-state index contributed by atoms with van der Waals surface area (Å²) in [5, 5.41) is 3.01. The number of aryl methyl sites for hydroxylation is 3. The third kappa shape index (κ3) is 4.52. The van der Waals surface area contributed by atoms with Crippen LogP contribution in [0.5, 0.6) is 5.75 Å². The van der Waals surface area contributed by atoms with Gasteiger partial charge in [0.15, 0.2) is 5.58 Å². The van der Waals surface area contributed by atoms with Crippen LogP contribution in [0.1, 0.15) is 47.3 Å². The molecule has 5 nitrogen and oxygen atoms in total. The maximum absolute atomic E-state index is 12.8. The van der Waals surface area contributed by atoms with Crippen LogP contribution in [0.15, 0.2) is 59.0 Å². The molecular formula is C27H28N2O3. The fourth-order valence-electron chi connectivity index (χ4n) is 3.39. The van der Waals surface area contributed by atoms with Crippen LogP contribution in [0.4, 0.5) is 5.69 Å². The normalized spacial score (nSPS) is 12.0. The van der Waals surface area contributed by atoms with E-state index in [-0.39, 0.29) is 12.0 Å². The Balaban J connectivity index is 1.56. The molecule has 1 N–H and O–H groups in total. The van der Waals surface area contributed by atoms with Crippen LogP contribution in [0.2, 0.25) is 0 Å². The van der Waals surface area contributed by atoms with E-state index >= 15 is 0 Å². The van der Waals surface area contributed by atoms with Crippen LogP contribution in [0, 0.1) is 20.8 Å². The van der Waals surface area contributed by atoms with Crippen molar-refractivity contribution < 1.29 is 13.9 Å². The number of nitrogens with one attached hydrogen (secondary N) is 1. The molecule has 5 heteroatoms. The molecule has 0 bridgehead atoms. The minimum atomic E-state index is -0.177. The van der Waals surface area contributed by atoms with Gasteiger partial charge in [0.2, 0.25) is 5.89 Å². The van der Waals surface area contributed by atoms with E-state index in [4.69, 9.17) is 9.15 Å². The molecule has 0 saturated heterocycles. The number of amides is 1. The Morgan fingerprint density at radius 1 is 1.00 bits per heavy atom. The predicted molar refractivity (Wildman–Crippen MR) is 128 cm³/mol. The van der Waals surface area contributed by atoms with Gasteiger partial charge in [-0.2, -0.15) is 0 Å². The summed E-state index contributed by atoms with van der Waals surface area (Å²) in [6.45, 7) is 10.2. The predicted octanol–water partition coefficient (Wildman–Crippen LogP) is 6.85. The largest absolute Gasteiger partial charge is 0.491 e. The van der Waals surface area contributed by atoms with Gasteiger partial charge < -0.3 is 14.5 Å². The van der Waals surface area contributed by atoms with Gasteiger partial charge in [-0.15, -0.1) is 0 Å². The molecule has 4 rings (SSSR count). The number of nitrogens with zero attached hydrogens (tertiary/aromatic N) is 1. The Bertz CT molecular complexity index is 1230. The van der Waals surface area contributed by atoms with Gasteiger partial charge in [0.05, 0.1) is 6.10 Å². The molecule has 1 aromatic heterocycles. The lowest BCUT2D eigenvalue weighted by Gasteiger charge is -2.13. The molecule has 0 spiro atoms. The number of rotatable bonds is 6. The van der Waals surface area contributed by atoms with E-state index in [1.54, 1.807) is 12.1 Å². The number of anilines is 1. The van der Waals surface area contributed by atoms with E-state index in [2.05, 4.69) is 31.1 Å². The Hall–Kier alpha value is -3.60. The number of carbonyl (C=O) groups is 1. The van der Waals surface area contributed by atoms with Crippen molar-refractivity contribution >= 4 is 22.7 Å². The second-order valence-corrected chi connectivity index (χ2v) is 8.27. The van der Waals surface area contributed by atoms with Crippen molar-refractivity contribution in [3.8, 4) is 17.2 Å². The highest BCUT2D eigenvalue weighted by molar-refractivity contribution is 6.05. The zero-order chi connectivity index (χ0) is 22.8. The summed E-state index contributed by atoms with van der Waals surface area (Å²) in [6.07, 6.45) is 1.07. The van der Waals surface area contributed by atoms with Gasteiger partial charge in [-0.3, -0.25) is 4.79 Å². The van der Waals surface area contributed by atoms with Crippen molar-refractivity contribution in [2.45, 2.75) is 47.1 Å². The molecule has 3 aromatic carbocycles. The maximum atomic E-state index is 12.8. The van der Waals surface area contributed by atoms with Gasteiger partial charge in [-0.05, 0) is 99.3 Å². The first-order valence-electron chi connectivity index (χ1n) is 10.9. The van der Waals surface area contributed by atoms with E-state index in [0.29, 0.717) is 11.5 Å². The molecule has 0 unspecified atom stereocenters. The van der Waals surface area contributed by atoms with Gasteiger partial charge in [-0.1, -0.05) is 13.0 Å². The molecule has 0 aliphatic rings. The lowest BCUT2D eigenvalue weighted by molar-refractivity contribution is 0.102. The number of benzene rings is 3. The number of oxazole rings is 1. The molecule has 0 saturated carbocycles. The van der Waals surface area contributed by atoms with Crippen LogP contribution in [0.3, 0.4) is 0 Å². The Morgan fingerprint density at radius 3 is 2.44 bits per heavy atom. The first-order valence-corrected chi connectivity index (χ1v) is 10.9. The molecule has 0 fully saturated rings. The fraction of sp³-hybridized carbons (Fsp3) is 0.259. The summed E-state index contributed by atoms with van der Waals surface area (Å²) in [7, 11) is 0. The maximum Gasteiger partial charge on any atom is 0.255 e. The highest BCUT2D eigenvalue weighted by Gasteiger charge is 2.13. The lowest BCUT2D eigenvalue weighted by Crippen LogP contribution is -2.13. The number of aromatic nitrogens is 1. The zero-order valence-electron chi connectivity index (χ0n) is 19.2. The van der Waals surface area contributed by atoms with Crippen molar-refractivity contribution in [3.63, 3.8) is 0 Å². The van der Waals surface area contributed by atoms with Gasteiger partial charge in [-0.25, -0.2) is 4.98 Å². The number of hydrogen-bond acceptors (Lipinski definition) is 4. The summed E-state index contributed by atoms with van der Waals surface area (Å²) in [5.41, 5.74) is 6.99. The summed E-state index contributed by atoms with van der Waals surface area (Å²) in [6, 6.07) is 17.1. The van der Waals surface area contributed by atoms with Gasteiger partial charge in [0.1, 0.15) is 11.3 Å². The third-order valence-electron chi connectivity index (χ3n) is 5.77. The van der Waals surface area contributed by atoms with E-state index in [9.17, 15) is 4.79 Å². The second kappa shape index (κ2) is 8.87. The molecule has 1 heterocycles. The zero-order valence-corrected chi connectivity index (χ0v) is 19.2. The van der Waals surface area contributed by atoms with Crippen molar-refractivity contribution in [2.75, 3.05) is 5.32 Å². The smallest absolute Gasteiger partial charge is 0.255 e. The molecule has 1 atom stereocenters. The number of carbonyl (C=O) groups excluding carboxylic acids is 1. The van der Waals surface area contributed by atoms with Crippen LogP contribution in [0.25, 0.3) is 22.6 Å². The lowest BCUT2D eigenvalue weighted by atomic mass is 10.1. The topological polar surface area (TPSA) is 64.4 Å². The Morgan fingerprint density at radius 2 is 1.72 bits per heavy atom. The third-order valence-corrected chi connectivity index (χ3v) is 5.77. The highest BCUT2D eigenvalue weighted by atomic mass is 16.5. The van der Waals surface area contributed by atoms with Crippen molar-refractivity contribution in [1.29, 1.82) is 0 Å². The number of hydrogen-bond donors (Lipinski definition) is 1. The van der Waals surface area contributed by atoms with Crippen molar-refractivity contribution in [1.82, 2.24) is 4.98 Å². The highest BCUT2D eigenvalue weighted by Crippen LogP contribution is 2.29. The SMILES string of the molecule is CC[C@@H](C)Oc1ccc(C(=O)Nc2cc(-c3nc4cc(C)c(C)cc4o3)ccc2C)cc1. The van der Waals surface area contributed by atoms with E-state index in [0.717, 1.165) is 45.6 Å². The Labute approximate surface area is 188 Å². The molecular weight excluding hydrogens is 400 g/mol. The second-order valence-electron chi connectivity index (χ2n) is 8.27. The average Bonchev–Trinajstić information content (AvgIpc) is 3.18. The van der Waals surface area contributed by atoms with Crippen molar-refractivity contribution in [2.24, 2.45) is 0 Å². The standard InChI is InChI=1S/C27H28N2O3/c1-6-19(5)31-22-11-9-20(10-12-22)26(30)28-23-15-21(8-7-16(23)2)27-29-24-13-17(3)18(4)14-25(24)32-27/h7-15,19H,6H2,1-5H3,(H,28,30)/t19-/m1/s1. The summed E-state index contributed by atoms with van der Waals surface area (Å²) >= 11 is 0. The van der Waals surface area contributed by atoms with Crippen LogP contribution in [-0.4, -0.2) is 17.0 Å². The summed E-state index contributed by atoms with van der Waals surface area (Å²) in [5.74, 6) is 1.12. The fourth-order valence-corrected chi connectivity index (χ4v) is 3.39. The molecule has 1 amide bonds. The molecule has 164 valence electrons. The minimum absolute atomic E-state index is 0.139. The number of ether oxygens (including phenoxy) is 1. The first-order chi connectivity index (χ1) is 15.3. The quantitative estimate of drug-likeness (QED) is 0.365.